The molecule has 0 aliphatic carbocycles. The van der Waals surface area contributed by atoms with Gasteiger partial charge in [-0.2, -0.15) is 0 Å². The van der Waals surface area contributed by atoms with E-state index in [1.807, 2.05) is 66.7 Å². The number of aliphatic hydroxyl groups is 1. The van der Waals surface area contributed by atoms with Gasteiger partial charge < -0.3 is 15.2 Å². The van der Waals surface area contributed by atoms with Gasteiger partial charge in [0.2, 0.25) is 0 Å². The van der Waals surface area contributed by atoms with Gasteiger partial charge in [-0.15, -0.1) is 0 Å². The van der Waals surface area contributed by atoms with Crippen LogP contribution in [0, 0.1) is 0 Å². The van der Waals surface area contributed by atoms with Gasteiger partial charge in [0.05, 0.1) is 11.2 Å². The molecule has 1 atom stereocenters. The fourth-order valence-corrected chi connectivity index (χ4v) is 4.47. The van der Waals surface area contributed by atoms with Gasteiger partial charge in [-0.25, -0.2) is 4.79 Å². The van der Waals surface area contributed by atoms with Crippen LogP contribution in [0.2, 0.25) is 0 Å². The molecule has 0 bridgehead atoms. The standard InChI is InChI=1S/C27H29NO3/c1-26(2,22-11-7-4-8-12-22)18-27(30,16-20-9-5-3-6-10-20)19-28-23-14-13-21-17-31-25(29)24(21)15-23/h3-15,28,30H,16-19H2,1-2H3. The Morgan fingerprint density at radius 2 is 1.65 bits per heavy atom. The third kappa shape index (κ3) is 4.97. The largest absolute Gasteiger partial charge is 0.457 e. The summed E-state index contributed by atoms with van der Waals surface area (Å²) in [6, 6.07) is 26.0. The van der Waals surface area contributed by atoms with Gasteiger partial charge in [0.1, 0.15) is 6.61 Å². The summed E-state index contributed by atoms with van der Waals surface area (Å²) in [5.41, 5.74) is 3.40. The van der Waals surface area contributed by atoms with E-state index in [0.29, 0.717) is 31.6 Å². The second-order valence-electron chi connectivity index (χ2n) is 9.12. The fourth-order valence-electron chi connectivity index (χ4n) is 4.47. The minimum absolute atomic E-state index is 0.214. The first-order valence-electron chi connectivity index (χ1n) is 10.7. The summed E-state index contributed by atoms with van der Waals surface area (Å²) in [5, 5.41) is 15.2. The number of anilines is 1. The lowest BCUT2D eigenvalue weighted by Crippen LogP contribution is -2.44. The number of hydrogen-bond acceptors (Lipinski definition) is 4. The number of hydrogen-bond donors (Lipinski definition) is 2. The molecule has 3 aromatic carbocycles. The minimum atomic E-state index is -0.986. The van der Waals surface area contributed by atoms with Gasteiger partial charge in [0.25, 0.3) is 0 Å². The van der Waals surface area contributed by atoms with Crippen LogP contribution < -0.4 is 5.32 Å². The summed E-state index contributed by atoms with van der Waals surface area (Å²) in [4.78, 5) is 11.9. The molecule has 160 valence electrons. The molecule has 1 unspecified atom stereocenters. The Balaban J connectivity index is 1.56. The Hall–Kier alpha value is -3.11. The highest BCUT2D eigenvalue weighted by Crippen LogP contribution is 2.34. The van der Waals surface area contributed by atoms with Crippen molar-refractivity contribution in [3.8, 4) is 0 Å². The second kappa shape index (κ2) is 8.56. The average molecular weight is 416 g/mol. The third-order valence-corrected chi connectivity index (χ3v) is 6.01. The molecule has 4 heteroatoms. The van der Waals surface area contributed by atoms with Gasteiger partial charge in [-0.05, 0) is 35.1 Å². The maximum absolute atomic E-state index is 11.9. The lowest BCUT2D eigenvalue weighted by Gasteiger charge is -2.37. The molecule has 0 amide bonds. The first-order valence-corrected chi connectivity index (χ1v) is 10.7. The monoisotopic (exact) mass is 415 g/mol. The van der Waals surface area contributed by atoms with Crippen LogP contribution in [0.1, 0.15) is 47.3 Å². The van der Waals surface area contributed by atoms with Crippen LogP contribution in [0.3, 0.4) is 0 Å². The molecular weight excluding hydrogens is 386 g/mol. The van der Waals surface area contributed by atoms with Crippen LogP contribution in [0.4, 0.5) is 5.69 Å². The first kappa shape index (κ1) is 21.1. The maximum atomic E-state index is 11.9. The Morgan fingerprint density at radius 1 is 0.968 bits per heavy atom. The van der Waals surface area contributed by atoms with Gasteiger partial charge in [-0.1, -0.05) is 80.6 Å². The Bertz CT molecular complexity index is 1050. The summed E-state index contributed by atoms with van der Waals surface area (Å²) >= 11 is 0. The molecule has 31 heavy (non-hydrogen) atoms. The minimum Gasteiger partial charge on any atom is -0.457 e. The van der Waals surface area contributed by atoms with Gasteiger partial charge in [-0.3, -0.25) is 0 Å². The molecule has 0 radical (unpaired) electrons. The number of rotatable bonds is 8. The molecular formula is C27H29NO3. The van der Waals surface area contributed by atoms with Crippen LogP contribution in [-0.2, 0) is 23.2 Å². The molecule has 0 aromatic heterocycles. The summed E-state index contributed by atoms with van der Waals surface area (Å²) in [6.45, 7) is 5.04. The summed E-state index contributed by atoms with van der Waals surface area (Å²) in [5.74, 6) is -0.289. The van der Waals surface area contributed by atoms with Crippen molar-refractivity contribution in [2.24, 2.45) is 0 Å². The zero-order valence-corrected chi connectivity index (χ0v) is 18.1. The Labute approximate surface area is 183 Å². The molecule has 1 heterocycles. The van der Waals surface area contributed by atoms with E-state index in [9.17, 15) is 9.90 Å². The molecule has 0 spiro atoms. The summed E-state index contributed by atoms with van der Waals surface area (Å²) < 4.78 is 5.10. The van der Waals surface area contributed by atoms with Crippen molar-refractivity contribution in [3.63, 3.8) is 0 Å². The van der Waals surface area contributed by atoms with Crippen LogP contribution >= 0.6 is 0 Å². The number of cyclic esters (lactones) is 1. The van der Waals surface area contributed by atoms with E-state index in [0.717, 1.165) is 16.8 Å². The number of nitrogens with one attached hydrogen (secondary N) is 1. The number of ether oxygens (including phenoxy) is 1. The average Bonchev–Trinajstić information content (AvgIpc) is 3.13. The maximum Gasteiger partial charge on any atom is 0.338 e. The number of carbonyl (C=O) groups excluding carboxylic acids is 1. The lowest BCUT2D eigenvalue weighted by atomic mass is 9.73. The molecule has 4 nitrogen and oxygen atoms in total. The van der Waals surface area contributed by atoms with Gasteiger partial charge >= 0.3 is 5.97 Å². The molecule has 0 fully saturated rings. The Kier molecular flexibility index (Phi) is 5.84. The molecule has 0 saturated carbocycles. The van der Waals surface area contributed by atoms with Crippen molar-refractivity contribution in [2.45, 2.75) is 44.3 Å². The number of carbonyl (C=O) groups is 1. The van der Waals surface area contributed by atoms with Crippen LogP contribution in [-0.4, -0.2) is 23.2 Å². The number of fused-ring (bicyclic) bond motifs is 1. The second-order valence-corrected chi connectivity index (χ2v) is 9.12. The van der Waals surface area contributed by atoms with Crippen LogP contribution in [0.15, 0.2) is 78.9 Å². The molecule has 1 aliphatic rings. The highest BCUT2D eigenvalue weighted by atomic mass is 16.5. The zero-order valence-electron chi connectivity index (χ0n) is 18.1. The van der Waals surface area contributed by atoms with Crippen molar-refractivity contribution in [1.82, 2.24) is 0 Å². The van der Waals surface area contributed by atoms with E-state index < -0.39 is 5.60 Å². The summed E-state index contributed by atoms with van der Waals surface area (Å²) in [6.07, 6.45) is 1.11. The van der Waals surface area contributed by atoms with E-state index in [4.69, 9.17) is 4.74 Å². The van der Waals surface area contributed by atoms with E-state index in [1.165, 1.54) is 5.56 Å². The molecule has 4 rings (SSSR count). The highest BCUT2D eigenvalue weighted by molar-refractivity contribution is 5.94. The fraction of sp³-hybridized carbons (Fsp3) is 0.296. The lowest BCUT2D eigenvalue weighted by molar-refractivity contribution is 0.0257. The zero-order chi connectivity index (χ0) is 21.9. The van der Waals surface area contributed by atoms with E-state index in [-0.39, 0.29) is 11.4 Å². The third-order valence-electron chi connectivity index (χ3n) is 6.01. The molecule has 1 aliphatic heterocycles. The highest BCUT2D eigenvalue weighted by Gasteiger charge is 2.36. The SMILES string of the molecule is CC(C)(CC(O)(CNc1ccc2c(c1)C(=O)OC2)Cc1ccccc1)c1ccccc1. The predicted octanol–water partition coefficient (Wildman–Crippen LogP) is 5.11. The van der Waals surface area contributed by atoms with E-state index in [2.05, 4.69) is 31.3 Å². The number of benzene rings is 3. The molecule has 0 saturated heterocycles. The topological polar surface area (TPSA) is 58.6 Å². The Morgan fingerprint density at radius 3 is 2.35 bits per heavy atom. The smallest absolute Gasteiger partial charge is 0.338 e. The van der Waals surface area contributed by atoms with Gasteiger partial charge in [0.15, 0.2) is 0 Å². The molecule has 2 N–H and O–H groups in total. The van der Waals surface area contributed by atoms with Crippen molar-refractivity contribution in [2.75, 3.05) is 11.9 Å². The molecule has 3 aromatic rings. The van der Waals surface area contributed by atoms with Crippen molar-refractivity contribution < 1.29 is 14.6 Å². The van der Waals surface area contributed by atoms with E-state index >= 15 is 0 Å². The predicted molar refractivity (Wildman–Crippen MR) is 123 cm³/mol. The van der Waals surface area contributed by atoms with Crippen molar-refractivity contribution >= 4 is 11.7 Å². The van der Waals surface area contributed by atoms with Gasteiger partial charge in [0, 0.05) is 24.2 Å². The van der Waals surface area contributed by atoms with Crippen LogP contribution in [0.5, 0.6) is 0 Å². The van der Waals surface area contributed by atoms with Crippen molar-refractivity contribution in [3.05, 3.63) is 101 Å². The normalized spacial score (nSPS) is 15.1. The first-order chi connectivity index (χ1) is 14.8. The summed E-state index contributed by atoms with van der Waals surface area (Å²) in [7, 11) is 0. The van der Waals surface area contributed by atoms with Crippen LogP contribution in [0.25, 0.3) is 0 Å². The van der Waals surface area contributed by atoms with Crippen molar-refractivity contribution in [1.29, 1.82) is 0 Å². The quantitative estimate of drug-likeness (QED) is 0.502. The number of esters is 1. The van der Waals surface area contributed by atoms with E-state index in [1.54, 1.807) is 0 Å².